The second kappa shape index (κ2) is 9.64. The van der Waals surface area contributed by atoms with E-state index in [9.17, 15) is 4.79 Å². The van der Waals surface area contributed by atoms with Crippen molar-refractivity contribution in [3.05, 3.63) is 59.7 Å². The van der Waals surface area contributed by atoms with Crippen molar-refractivity contribution in [3.63, 3.8) is 0 Å². The molecular formula is C21H26N2O2S. The molecule has 0 spiro atoms. The summed E-state index contributed by atoms with van der Waals surface area (Å²) >= 11 is 2.02. The molecule has 3 rings (SSSR count). The molecule has 26 heavy (non-hydrogen) atoms. The van der Waals surface area contributed by atoms with Crippen LogP contribution in [0.4, 0.5) is 5.69 Å². The Kier molecular flexibility index (Phi) is 6.97. The predicted molar refractivity (Wildman–Crippen MR) is 109 cm³/mol. The highest BCUT2D eigenvalue weighted by Gasteiger charge is 2.11. The number of nitrogens with zero attached hydrogens (tertiary/aromatic N) is 1. The molecule has 0 saturated carbocycles. The Bertz CT molecular complexity index is 712. The first kappa shape index (κ1) is 18.8. The highest BCUT2D eigenvalue weighted by molar-refractivity contribution is 7.99. The maximum Gasteiger partial charge on any atom is 0.224 e. The van der Waals surface area contributed by atoms with Gasteiger partial charge in [0.05, 0.1) is 7.11 Å². The van der Waals surface area contributed by atoms with Crippen molar-refractivity contribution in [2.45, 2.75) is 19.4 Å². The van der Waals surface area contributed by atoms with Gasteiger partial charge in [-0.05, 0) is 41.8 Å². The largest absolute Gasteiger partial charge is 0.497 e. The monoisotopic (exact) mass is 370 g/mol. The fourth-order valence-corrected chi connectivity index (χ4v) is 4.02. The Balaban J connectivity index is 1.49. The molecule has 1 aliphatic rings. The third-order valence-electron chi connectivity index (χ3n) is 4.52. The van der Waals surface area contributed by atoms with E-state index in [0.717, 1.165) is 43.1 Å². The molecule has 1 saturated heterocycles. The minimum Gasteiger partial charge on any atom is -0.497 e. The lowest BCUT2D eigenvalue weighted by Gasteiger charge is -2.26. The summed E-state index contributed by atoms with van der Waals surface area (Å²) in [6, 6.07) is 16.1. The van der Waals surface area contributed by atoms with Crippen LogP contribution in [0.25, 0.3) is 0 Å². The highest BCUT2D eigenvalue weighted by atomic mass is 32.2. The van der Waals surface area contributed by atoms with Gasteiger partial charge in [0.2, 0.25) is 5.91 Å². The van der Waals surface area contributed by atoms with Gasteiger partial charge >= 0.3 is 0 Å². The van der Waals surface area contributed by atoms with Gasteiger partial charge in [-0.2, -0.15) is 11.8 Å². The summed E-state index contributed by atoms with van der Waals surface area (Å²) in [4.78, 5) is 14.7. The number of methoxy groups -OCH3 is 1. The number of carbonyl (C=O) groups is 1. The van der Waals surface area contributed by atoms with Gasteiger partial charge in [-0.25, -0.2) is 0 Å². The smallest absolute Gasteiger partial charge is 0.224 e. The molecule has 0 aliphatic carbocycles. The zero-order valence-corrected chi connectivity index (χ0v) is 16.1. The van der Waals surface area contributed by atoms with Gasteiger partial charge in [0, 0.05) is 43.2 Å². The standard InChI is InChI=1S/C21H26N2O2S/c1-25-20-8-5-17(6-9-20)7-10-21(24)22-19-4-2-3-18(15-19)16-23-11-13-26-14-12-23/h2-6,8-9,15H,7,10-14,16H2,1H3,(H,22,24). The Labute approximate surface area is 159 Å². The summed E-state index contributed by atoms with van der Waals surface area (Å²) in [7, 11) is 1.65. The van der Waals surface area contributed by atoms with E-state index in [1.807, 2.05) is 48.2 Å². The van der Waals surface area contributed by atoms with Gasteiger partial charge in [0.1, 0.15) is 5.75 Å². The van der Waals surface area contributed by atoms with Crippen LogP contribution in [0.5, 0.6) is 5.75 Å². The lowest BCUT2D eigenvalue weighted by atomic mass is 10.1. The summed E-state index contributed by atoms with van der Waals surface area (Å²) in [6.07, 6.45) is 1.20. The predicted octanol–water partition coefficient (Wildman–Crippen LogP) is 3.82. The number of aryl methyl sites for hydroxylation is 1. The van der Waals surface area contributed by atoms with E-state index in [1.165, 1.54) is 17.1 Å². The number of amides is 1. The van der Waals surface area contributed by atoms with Crippen LogP contribution in [0.1, 0.15) is 17.5 Å². The summed E-state index contributed by atoms with van der Waals surface area (Å²) < 4.78 is 5.16. The fraction of sp³-hybridized carbons (Fsp3) is 0.381. The summed E-state index contributed by atoms with van der Waals surface area (Å²) in [6.45, 7) is 3.24. The molecule has 138 valence electrons. The molecule has 0 radical (unpaired) electrons. The minimum absolute atomic E-state index is 0.0485. The molecule has 2 aromatic carbocycles. The summed E-state index contributed by atoms with van der Waals surface area (Å²) in [5, 5.41) is 3.03. The van der Waals surface area contributed by atoms with Gasteiger partial charge in [0.15, 0.2) is 0 Å². The number of anilines is 1. The lowest BCUT2D eigenvalue weighted by molar-refractivity contribution is -0.116. The summed E-state index contributed by atoms with van der Waals surface area (Å²) in [5.74, 6) is 3.30. The second-order valence-electron chi connectivity index (χ2n) is 6.49. The lowest BCUT2D eigenvalue weighted by Crippen LogP contribution is -2.31. The van der Waals surface area contributed by atoms with Gasteiger partial charge in [-0.15, -0.1) is 0 Å². The Morgan fingerprint density at radius 3 is 2.62 bits per heavy atom. The number of hydrogen-bond acceptors (Lipinski definition) is 4. The molecule has 0 atom stereocenters. The first-order valence-corrected chi connectivity index (χ1v) is 10.2. The van der Waals surface area contributed by atoms with E-state index in [4.69, 9.17) is 4.74 Å². The second-order valence-corrected chi connectivity index (χ2v) is 7.71. The molecular weight excluding hydrogens is 344 g/mol. The van der Waals surface area contributed by atoms with Crippen LogP contribution in [0.3, 0.4) is 0 Å². The summed E-state index contributed by atoms with van der Waals surface area (Å²) in [5.41, 5.74) is 3.27. The number of thioether (sulfide) groups is 1. The number of nitrogens with one attached hydrogen (secondary N) is 1. The van der Waals surface area contributed by atoms with Gasteiger partial charge in [0.25, 0.3) is 0 Å². The zero-order chi connectivity index (χ0) is 18.2. The molecule has 1 N–H and O–H groups in total. The number of carbonyl (C=O) groups excluding carboxylic acids is 1. The van der Waals surface area contributed by atoms with E-state index >= 15 is 0 Å². The van der Waals surface area contributed by atoms with Crippen LogP contribution in [-0.2, 0) is 17.8 Å². The molecule has 0 bridgehead atoms. The SMILES string of the molecule is COc1ccc(CCC(=O)Nc2cccc(CN3CCSCC3)c2)cc1. The van der Waals surface area contributed by atoms with E-state index in [2.05, 4.69) is 22.3 Å². The molecule has 1 aliphatic heterocycles. The number of rotatable bonds is 7. The average Bonchev–Trinajstić information content (AvgIpc) is 2.68. The average molecular weight is 371 g/mol. The quantitative estimate of drug-likeness (QED) is 0.805. The topological polar surface area (TPSA) is 41.6 Å². The highest BCUT2D eigenvalue weighted by Crippen LogP contribution is 2.17. The number of benzene rings is 2. The normalized spacial score (nSPS) is 14.8. The zero-order valence-electron chi connectivity index (χ0n) is 15.2. The van der Waals surface area contributed by atoms with Crippen LogP contribution in [0.15, 0.2) is 48.5 Å². The molecule has 5 heteroatoms. The van der Waals surface area contributed by atoms with E-state index < -0.39 is 0 Å². The van der Waals surface area contributed by atoms with E-state index in [0.29, 0.717) is 6.42 Å². The minimum atomic E-state index is 0.0485. The van der Waals surface area contributed by atoms with Crippen molar-refractivity contribution in [1.82, 2.24) is 4.90 Å². The third-order valence-corrected chi connectivity index (χ3v) is 5.46. The number of hydrogen-bond donors (Lipinski definition) is 1. The fourth-order valence-electron chi connectivity index (χ4n) is 3.04. The van der Waals surface area contributed by atoms with Gasteiger partial charge in [-0.1, -0.05) is 24.3 Å². The van der Waals surface area contributed by atoms with Crippen molar-refractivity contribution in [2.75, 3.05) is 37.0 Å². The van der Waals surface area contributed by atoms with Crippen LogP contribution in [-0.4, -0.2) is 42.5 Å². The maximum absolute atomic E-state index is 12.3. The molecule has 0 unspecified atom stereocenters. The van der Waals surface area contributed by atoms with E-state index in [-0.39, 0.29) is 5.91 Å². The molecule has 1 heterocycles. The number of ether oxygens (including phenoxy) is 1. The van der Waals surface area contributed by atoms with Gasteiger partial charge in [-0.3, -0.25) is 9.69 Å². The van der Waals surface area contributed by atoms with Crippen molar-refractivity contribution in [3.8, 4) is 5.75 Å². The Morgan fingerprint density at radius 1 is 1.12 bits per heavy atom. The Morgan fingerprint density at radius 2 is 1.88 bits per heavy atom. The molecule has 2 aromatic rings. The molecule has 1 amide bonds. The van der Waals surface area contributed by atoms with Crippen molar-refractivity contribution in [1.29, 1.82) is 0 Å². The van der Waals surface area contributed by atoms with Crippen molar-refractivity contribution >= 4 is 23.4 Å². The van der Waals surface area contributed by atoms with Crippen molar-refractivity contribution in [2.24, 2.45) is 0 Å². The Hall–Kier alpha value is -1.98. The maximum atomic E-state index is 12.3. The molecule has 4 nitrogen and oxygen atoms in total. The third kappa shape index (κ3) is 5.78. The first-order chi connectivity index (χ1) is 12.7. The van der Waals surface area contributed by atoms with Crippen LogP contribution < -0.4 is 10.1 Å². The van der Waals surface area contributed by atoms with E-state index in [1.54, 1.807) is 7.11 Å². The van der Waals surface area contributed by atoms with Crippen LogP contribution in [0, 0.1) is 0 Å². The van der Waals surface area contributed by atoms with Crippen LogP contribution >= 0.6 is 11.8 Å². The van der Waals surface area contributed by atoms with Crippen molar-refractivity contribution < 1.29 is 9.53 Å². The first-order valence-electron chi connectivity index (χ1n) is 9.05. The van der Waals surface area contributed by atoms with Crippen LogP contribution in [0.2, 0.25) is 0 Å². The van der Waals surface area contributed by atoms with Gasteiger partial charge < -0.3 is 10.1 Å². The molecule has 0 aromatic heterocycles. The molecule has 1 fully saturated rings.